The first-order chi connectivity index (χ1) is 12.5. The molecule has 1 saturated heterocycles. The molecule has 2 heterocycles. The smallest absolute Gasteiger partial charge is 0.183 e. The average molecular weight is 362 g/mol. The Bertz CT molecular complexity index is 737. The first kappa shape index (κ1) is 18.5. The Kier molecular flexibility index (Phi) is 5.95. The van der Waals surface area contributed by atoms with Gasteiger partial charge in [-0.15, -0.1) is 5.10 Å². The molecule has 1 aliphatic heterocycles. The van der Waals surface area contributed by atoms with Gasteiger partial charge in [0.2, 0.25) is 0 Å². The third-order valence-electron chi connectivity index (χ3n) is 4.89. The highest BCUT2D eigenvalue weighted by Crippen LogP contribution is 2.19. The zero-order chi connectivity index (χ0) is 18.5. The molecule has 0 unspecified atom stereocenters. The van der Waals surface area contributed by atoms with Gasteiger partial charge in [-0.05, 0) is 24.3 Å². The number of ketones is 1. The fourth-order valence-corrected chi connectivity index (χ4v) is 3.27. The van der Waals surface area contributed by atoms with Crippen LogP contribution in [-0.2, 0) is 0 Å². The van der Waals surface area contributed by atoms with E-state index in [1.54, 1.807) is 26.6 Å². The van der Waals surface area contributed by atoms with Gasteiger partial charge in [0, 0.05) is 19.9 Å². The molecule has 0 atom stereocenters. The minimum absolute atomic E-state index is 0.145. The second-order valence-electron chi connectivity index (χ2n) is 6.97. The van der Waals surface area contributed by atoms with Gasteiger partial charge in [0.25, 0.3) is 0 Å². The molecule has 26 heavy (non-hydrogen) atoms. The summed E-state index contributed by atoms with van der Waals surface area (Å²) in [6.45, 7) is 8.17. The van der Waals surface area contributed by atoms with Crippen LogP contribution in [0.1, 0.15) is 23.8 Å². The SMILES string of the molecule is CC(=O)c1nnn(-c2ccc(F)cc2)c1NCCC[NH+]1CC[NH+](C)CC1. The zero-order valence-electron chi connectivity index (χ0n) is 15.4. The zero-order valence-corrected chi connectivity index (χ0v) is 15.4. The molecule has 3 rings (SSSR count). The maximum atomic E-state index is 13.2. The van der Waals surface area contributed by atoms with Crippen LogP contribution >= 0.6 is 0 Å². The number of halogens is 1. The third kappa shape index (κ3) is 4.44. The first-order valence-corrected chi connectivity index (χ1v) is 9.16. The lowest BCUT2D eigenvalue weighted by Gasteiger charge is -2.27. The normalized spacial score (nSPS) is 20.1. The molecule has 0 amide bonds. The van der Waals surface area contributed by atoms with E-state index >= 15 is 0 Å². The minimum atomic E-state index is -0.313. The molecule has 1 aliphatic rings. The summed E-state index contributed by atoms with van der Waals surface area (Å²) in [5.74, 6) is 0.114. The summed E-state index contributed by atoms with van der Waals surface area (Å²) in [6, 6.07) is 5.98. The van der Waals surface area contributed by atoms with E-state index in [4.69, 9.17) is 0 Å². The van der Waals surface area contributed by atoms with Gasteiger partial charge in [0.15, 0.2) is 17.3 Å². The van der Waals surface area contributed by atoms with Crippen LogP contribution in [0.2, 0.25) is 0 Å². The fraction of sp³-hybridized carbons (Fsp3) is 0.500. The van der Waals surface area contributed by atoms with Gasteiger partial charge >= 0.3 is 0 Å². The number of anilines is 1. The number of hydrogen-bond donors (Lipinski definition) is 3. The molecule has 0 aliphatic carbocycles. The molecular formula is C18H27FN6O+2. The average Bonchev–Trinajstić information content (AvgIpc) is 3.05. The van der Waals surface area contributed by atoms with E-state index in [2.05, 4.69) is 22.7 Å². The maximum absolute atomic E-state index is 13.2. The first-order valence-electron chi connectivity index (χ1n) is 9.16. The summed E-state index contributed by atoms with van der Waals surface area (Å²) in [5.41, 5.74) is 0.978. The van der Waals surface area contributed by atoms with Crippen LogP contribution in [0.25, 0.3) is 5.69 Å². The molecule has 1 fully saturated rings. The molecule has 2 aromatic rings. The second-order valence-corrected chi connectivity index (χ2v) is 6.97. The van der Waals surface area contributed by atoms with Gasteiger partial charge in [-0.2, -0.15) is 4.68 Å². The number of piperazine rings is 1. The van der Waals surface area contributed by atoms with Gasteiger partial charge < -0.3 is 15.1 Å². The summed E-state index contributed by atoms with van der Waals surface area (Å²) in [5, 5.41) is 11.4. The van der Waals surface area contributed by atoms with E-state index < -0.39 is 0 Å². The van der Waals surface area contributed by atoms with Crippen molar-refractivity contribution in [1.82, 2.24) is 15.0 Å². The number of quaternary nitrogens is 2. The van der Waals surface area contributed by atoms with Crippen LogP contribution in [0.5, 0.6) is 0 Å². The van der Waals surface area contributed by atoms with Crippen LogP contribution in [0, 0.1) is 5.82 Å². The predicted octanol–water partition coefficient (Wildman–Crippen LogP) is -1.18. The molecule has 0 spiro atoms. The lowest BCUT2D eigenvalue weighted by atomic mass is 10.2. The number of carbonyl (C=O) groups is 1. The Balaban J connectivity index is 1.63. The molecule has 1 aromatic carbocycles. The minimum Gasteiger partial charge on any atom is -0.368 e. The molecule has 8 heteroatoms. The lowest BCUT2D eigenvalue weighted by molar-refractivity contribution is -1.00. The second kappa shape index (κ2) is 8.37. The van der Waals surface area contributed by atoms with Gasteiger partial charge in [-0.25, -0.2) is 4.39 Å². The van der Waals surface area contributed by atoms with E-state index in [0.717, 1.165) is 19.5 Å². The van der Waals surface area contributed by atoms with Crippen LogP contribution in [-0.4, -0.2) is 67.1 Å². The van der Waals surface area contributed by atoms with E-state index in [-0.39, 0.29) is 11.6 Å². The summed E-state index contributed by atoms with van der Waals surface area (Å²) in [4.78, 5) is 15.1. The van der Waals surface area contributed by atoms with Crippen LogP contribution < -0.4 is 15.1 Å². The van der Waals surface area contributed by atoms with E-state index in [1.165, 1.54) is 45.2 Å². The highest BCUT2D eigenvalue weighted by molar-refractivity contribution is 5.96. The largest absolute Gasteiger partial charge is 0.368 e. The number of rotatable bonds is 7. The third-order valence-corrected chi connectivity index (χ3v) is 4.89. The summed E-state index contributed by atoms with van der Waals surface area (Å²) in [7, 11) is 2.24. The summed E-state index contributed by atoms with van der Waals surface area (Å²) >= 11 is 0. The van der Waals surface area contributed by atoms with Crippen molar-refractivity contribution in [2.75, 3.05) is 51.6 Å². The van der Waals surface area contributed by atoms with Crippen molar-refractivity contribution in [1.29, 1.82) is 0 Å². The predicted molar refractivity (Wildman–Crippen MR) is 96.6 cm³/mol. The number of Topliss-reactive ketones (excluding diaryl/α,β-unsaturated/α-hetero) is 1. The number of nitrogens with one attached hydrogen (secondary N) is 3. The molecule has 0 bridgehead atoms. The Morgan fingerprint density at radius 2 is 1.92 bits per heavy atom. The van der Waals surface area contributed by atoms with Gasteiger partial charge in [0.05, 0.1) is 19.3 Å². The van der Waals surface area contributed by atoms with E-state index in [9.17, 15) is 9.18 Å². The number of aromatic nitrogens is 3. The van der Waals surface area contributed by atoms with Crippen molar-refractivity contribution in [3.05, 3.63) is 35.8 Å². The fourth-order valence-electron chi connectivity index (χ4n) is 3.27. The lowest BCUT2D eigenvalue weighted by Crippen LogP contribution is -3.27. The van der Waals surface area contributed by atoms with E-state index in [0.29, 0.717) is 17.2 Å². The summed E-state index contributed by atoms with van der Waals surface area (Å²) < 4.78 is 14.7. The molecule has 140 valence electrons. The Morgan fingerprint density at radius 1 is 1.23 bits per heavy atom. The molecule has 1 aromatic heterocycles. The quantitative estimate of drug-likeness (QED) is 0.429. The monoisotopic (exact) mass is 362 g/mol. The van der Waals surface area contributed by atoms with Gasteiger partial charge in [-0.1, -0.05) is 5.21 Å². The maximum Gasteiger partial charge on any atom is 0.183 e. The van der Waals surface area contributed by atoms with Crippen molar-refractivity contribution < 1.29 is 19.0 Å². The number of likely N-dealkylation sites (N-methyl/N-ethyl adjacent to an activating group) is 1. The van der Waals surface area contributed by atoms with Crippen molar-refractivity contribution in [2.45, 2.75) is 13.3 Å². The number of hydrogen-bond acceptors (Lipinski definition) is 4. The molecular weight excluding hydrogens is 335 g/mol. The Morgan fingerprint density at radius 3 is 2.58 bits per heavy atom. The number of benzene rings is 1. The molecule has 3 N–H and O–H groups in total. The molecule has 7 nitrogen and oxygen atoms in total. The summed E-state index contributed by atoms with van der Waals surface area (Å²) in [6.07, 6.45) is 1.00. The molecule has 0 radical (unpaired) electrons. The van der Waals surface area contributed by atoms with Gasteiger partial charge in [0.1, 0.15) is 32.0 Å². The topological polar surface area (TPSA) is 68.7 Å². The number of nitrogens with zero attached hydrogens (tertiary/aromatic N) is 3. The Hall–Kier alpha value is -2.32. The van der Waals surface area contributed by atoms with Gasteiger partial charge in [-0.3, -0.25) is 4.79 Å². The highest BCUT2D eigenvalue weighted by atomic mass is 19.1. The van der Waals surface area contributed by atoms with Crippen molar-refractivity contribution >= 4 is 11.6 Å². The van der Waals surface area contributed by atoms with Crippen molar-refractivity contribution in [2.24, 2.45) is 0 Å². The van der Waals surface area contributed by atoms with Crippen molar-refractivity contribution in [3.8, 4) is 5.69 Å². The van der Waals surface area contributed by atoms with Crippen LogP contribution in [0.15, 0.2) is 24.3 Å². The van der Waals surface area contributed by atoms with Crippen molar-refractivity contribution in [3.63, 3.8) is 0 Å². The van der Waals surface area contributed by atoms with Crippen LogP contribution in [0.3, 0.4) is 0 Å². The number of carbonyl (C=O) groups excluding carboxylic acids is 1. The highest BCUT2D eigenvalue weighted by Gasteiger charge is 2.20. The Labute approximate surface area is 152 Å². The van der Waals surface area contributed by atoms with E-state index in [1.807, 2.05) is 0 Å². The standard InChI is InChI=1S/C18H25FN6O/c1-14(26)17-18(20-8-3-9-24-12-10-23(2)11-13-24)25(22-21-17)16-6-4-15(19)5-7-16/h4-7,20H,3,8-13H2,1-2H3/p+2. The van der Waals surface area contributed by atoms with Crippen LogP contribution in [0.4, 0.5) is 10.2 Å². The molecule has 0 saturated carbocycles.